The van der Waals surface area contributed by atoms with Gasteiger partial charge in [0.2, 0.25) is 0 Å². The van der Waals surface area contributed by atoms with E-state index in [0.29, 0.717) is 18.6 Å². The Balaban J connectivity index is 2.02. The van der Waals surface area contributed by atoms with E-state index in [1.165, 1.54) is 0 Å². The maximum atomic E-state index is 13.0. The van der Waals surface area contributed by atoms with Gasteiger partial charge in [0, 0.05) is 35.4 Å². The topological polar surface area (TPSA) is 64.6 Å². The van der Waals surface area contributed by atoms with E-state index in [9.17, 15) is 9.59 Å². The molecule has 1 aromatic heterocycles. The van der Waals surface area contributed by atoms with Gasteiger partial charge < -0.3 is 14.8 Å². The second-order valence-corrected chi connectivity index (χ2v) is 8.55. The number of rotatable bonds is 5. The van der Waals surface area contributed by atoms with Crippen molar-refractivity contribution in [3.8, 4) is 0 Å². The third kappa shape index (κ3) is 3.62. The summed E-state index contributed by atoms with van der Waals surface area (Å²) in [7, 11) is 1.56. The number of allylic oxidation sites excluding steroid dienone is 3. The van der Waals surface area contributed by atoms with E-state index in [1.807, 2.05) is 24.4 Å². The summed E-state index contributed by atoms with van der Waals surface area (Å²) in [5.41, 5.74) is 2.86. The first-order valence-corrected chi connectivity index (χ1v) is 9.65. The number of nitrogens with one attached hydrogen (secondary N) is 1. The summed E-state index contributed by atoms with van der Waals surface area (Å²) in [6, 6.07) is 3.93. The first kappa shape index (κ1) is 18.9. The zero-order chi connectivity index (χ0) is 18.9. The number of Topliss-reactive ketones (excluding diaryl/α,β-unsaturated/α-hetero) is 1. The van der Waals surface area contributed by atoms with Gasteiger partial charge in [-0.1, -0.05) is 19.9 Å². The van der Waals surface area contributed by atoms with Gasteiger partial charge in [-0.15, -0.1) is 11.3 Å². The molecule has 6 heteroatoms. The van der Waals surface area contributed by atoms with E-state index in [-0.39, 0.29) is 23.7 Å². The number of hydrogen-bond donors (Lipinski definition) is 1. The van der Waals surface area contributed by atoms with Crippen molar-refractivity contribution in [1.82, 2.24) is 5.32 Å². The van der Waals surface area contributed by atoms with Crippen LogP contribution >= 0.6 is 11.3 Å². The number of thiophene rings is 1. The van der Waals surface area contributed by atoms with Crippen LogP contribution in [-0.4, -0.2) is 32.1 Å². The van der Waals surface area contributed by atoms with Gasteiger partial charge >= 0.3 is 5.97 Å². The van der Waals surface area contributed by atoms with Crippen LogP contribution < -0.4 is 5.32 Å². The van der Waals surface area contributed by atoms with Crippen LogP contribution in [0.25, 0.3) is 0 Å². The summed E-state index contributed by atoms with van der Waals surface area (Å²) in [6.45, 7) is 6.62. The number of methoxy groups -OCH3 is 1. The molecule has 2 heterocycles. The van der Waals surface area contributed by atoms with Crippen LogP contribution in [0.5, 0.6) is 0 Å². The lowest BCUT2D eigenvalue weighted by Gasteiger charge is -2.39. The van der Waals surface area contributed by atoms with Crippen molar-refractivity contribution in [2.45, 2.75) is 39.5 Å². The van der Waals surface area contributed by atoms with Crippen molar-refractivity contribution in [2.24, 2.45) is 5.41 Å². The summed E-state index contributed by atoms with van der Waals surface area (Å²) >= 11 is 1.56. The van der Waals surface area contributed by atoms with Gasteiger partial charge in [-0.25, -0.2) is 4.79 Å². The highest BCUT2D eigenvalue weighted by Crippen LogP contribution is 2.47. The second kappa shape index (κ2) is 7.37. The first-order valence-electron chi connectivity index (χ1n) is 8.77. The molecule has 1 aliphatic carbocycles. The molecule has 1 N–H and O–H groups in total. The van der Waals surface area contributed by atoms with Gasteiger partial charge in [0.15, 0.2) is 5.78 Å². The molecule has 0 amide bonds. The van der Waals surface area contributed by atoms with Crippen molar-refractivity contribution in [2.75, 3.05) is 20.3 Å². The number of dihydropyridines is 1. The fourth-order valence-corrected chi connectivity index (χ4v) is 4.59. The summed E-state index contributed by atoms with van der Waals surface area (Å²) in [5, 5.41) is 5.30. The molecular weight excluding hydrogens is 350 g/mol. The van der Waals surface area contributed by atoms with Crippen LogP contribution in [0.3, 0.4) is 0 Å². The van der Waals surface area contributed by atoms with Gasteiger partial charge in [-0.3, -0.25) is 4.79 Å². The molecule has 0 saturated carbocycles. The van der Waals surface area contributed by atoms with Crippen LogP contribution in [0.15, 0.2) is 40.1 Å². The lowest BCUT2D eigenvalue weighted by molar-refractivity contribution is -0.140. The summed E-state index contributed by atoms with van der Waals surface area (Å²) < 4.78 is 10.3. The van der Waals surface area contributed by atoms with Gasteiger partial charge in [0.25, 0.3) is 0 Å². The zero-order valence-corrected chi connectivity index (χ0v) is 16.5. The van der Waals surface area contributed by atoms with Crippen LogP contribution in [-0.2, 0) is 19.1 Å². The summed E-state index contributed by atoms with van der Waals surface area (Å²) in [6.07, 6.45) is 1.28. The number of carbonyl (C=O) groups excluding carboxylic acids is 2. The fourth-order valence-electron chi connectivity index (χ4n) is 3.74. The fraction of sp³-hybridized carbons (Fsp3) is 0.500. The standard InChI is InChI=1S/C20H25NO4S/c1-12-16(19(23)25-8-7-24-4)18(15-6-5-9-26-15)17-13(21-12)10-20(2,3)11-14(17)22/h5-6,9,18,21H,7-8,10-11H2,1-4H3/t18-/m1/s1. The lowest BCUT2D eigenvalue weighted by Crippen LogP contribution is -2.38. The maximum absolute atomic E-state index is 13.0. The van der Waals surface area contributed by atoms with E-state index >= 15 is 0 Å². The van der Waals surface area contributed by atoms with Gasteiger partial charge in [0.1, 0.15) is 6.61 Å². The number of ether oxygens (including phenoxy) is 2. The predicted molar refractivity (Wildman–Crippen MR) is 101 cm³/mol. The number of carbonyl (C=O) groups is 2. The highest BCUT2D eigenvalue weighted by atomic mass is 32.1. The van der Waals surface area contributed by atoms with E-state index in [0.717, 1.165) is 28.3 Å². The smallest absolute Gasteiger partial charge is 0.336 e. The quantitative estimate of drug-likeness (QED) is 0.630. The minimum Gasteiger partial charge on any atom is -0.460 e. The Bertz CT molecular complexity index is 774. The Morgan fingerprint density at radius 3 is 2.77 bits per heavy atom. The summed E-state index contributed by atoms with van der Waals surface area (Å²) in [4.78, 5) is 26.8. The van der Waals surface area contributed by atoms with Crippen LogP contribution in [0.1, 0.15) is 44.4 Å². The molecule has 0 radical (unpaired) electrons. The van der Waals surface area contributed by atoms with Gasteiger partial charge in [0.05, 0.1) is 18.1 Å². The highest BCUT2D eigenvalue weighted by molar-refractivity contribution is 7.10. The molecule has 140 valence electrons. The molecule has 0 unspecified atom stereocenters. The number of ketones is 1. The van der Waals surface area contributed by atoms with Crippen molar-refractivity contribution < 1.29 is 19.1 Å². The van der Waals surface area contributed by atoms with Crippen LogP contribution in [0.2, 0.25) is 0 Å². The second-order valence-electron chi connectivity index (χ2n) is 7.57. The summed E-state index contributed by atoms with van der Waals surface area (Å²) in [5.74, 6) is -0.642. The zero-order valence-electron chi connectivity index (χ0n) is 15.7. The third-order valence-corrected chi connectivity index (χ3v) is 5.75. The Morgan fingerprint density at radius 2 is 2.12 bits per heavy atom. The van der Waals surface area contributed by atoms with Crippen molar-refractivity contribution >= 4 is 23.1 Å². The minimum absolute atomic E-state index is 0.0837. The number of hydrogen-bond acceptors (Lipinski definition) is 6. The molecule has 3 rings (SSSR count). The van der Waals surface area contributed by atoms with Crippen LogP contribution in [0, 0.1) is 5.41 Å². The minimum atomic E-state index is -0.394. The van der Waals surface area contributed by atoms with E-state index in [4.69, 9.17) is 9.47 Å². The molecule has 1 atom stereocenters. The predicted octanol–water partition coefficient (Wildman–Crippen LogP) is 3.54. The van der Waals surface area contributed by atoms with E-state index < -0.39 is 5.97 Å². The average molecular weight is 375 g/mol. The molecule has 1 aromatic rings. The average Bonchev–Trinajstić information content (AvgIpc) is 3.06. The highest BCUT2D eigenvalue weighted by Gasteiger charge is 2.43. The first-order chi connectivity index (χ1) is 12.3. The SMILES string of the molecule is COCCOC(=O)C1=C(C)NC2=C(C(=O)CC(C)(C)C2)[C@@H]1c1cccs1. The normalized spacial score (nSPS) is 22.2. The molecule has 1 aliphatic heterocycles. The Labute approximate surface area is 158 Å². The Hall–Kier alpha value is -1.92. The van der Waals surface area contributed by atoms with Crippen molar-refractivity contribution in [1.29, 1.82) is 0 Å². The molecule has 0 spiro atoms. The van der Waals surface area contributed by atoms with Crippen molar-refractivity contribution in [3.05, 3.63) is 44.9 Å². The number of esters is 1. The molecule has 2 aliphatic rings. The molecular formula is C20H25NO4S. The molecule has 0 bridgehead atoms. The van der Waals surface area contributed by atoms with Crippen LogP contribution in [0.4, 0.5) is 0 Å². The Kier molecular flexibility index (Phi) is 5.34. The van der Waals surface area contributed by atoms with Gasteiger partial charge in [-0.05, 0) is 30.2 Å². The van der Waals surface area contributed by atoms with E-state index in [2.05, 4.69) is 19.2 Å². The lowest BCUT2D eigenvalue weighted by atomic mass is 9.70. The third-order valence-electron chi connectivity index (χ3n) is 4.81. The van der Waals surface area contributed by atoms with Gasteiger partial charge in [-0.2, -0.15) is 0 Å². The Morgan fingerprint density at radius 1 is 1.35 bits per heavy atom. The van der Waals surface area contributed by atoms with Crippen molar-refractivity contribution in [3.63, 3.8) is 0 Å². The molecule has 0 fully saturated rings. The maximum Gasteiger partial charge on any atom is 0.336 e. The molecule has 0 aromatic carbocycles. The van der Waals surface area contributed by atoms with E-state index in [1.54, 1.807) is 18.4 Å². The molecule has 26 heavy (non-hydrogen) atoms. The monoisotopic (exact) mass is 375 g/mol. The molecule has 0 saturated heterocycles. The largest absolute Gasteiger partial charge is 0.460 e. The molecule has 5 nitrogen and oxygen atoms in total.